The molecule has 5 heteroatoms. The Morgan fingerprint density at radius 1 is 1.50 bits per heavy atom. The Kier molecular flexibility index (Phi) is 4.86. The molecule has 0 aromatic carbocycles. The third-order valence-corrected chi connectivity index (χ3v) is 2.14. The highest BCUT2D eigenvalue weighted by Gasteiger charge is 2.16. The fraction of sp³-hybridized carbons (Fsp3) is 0.889. The van der Waals surface area contributed by atoms with E-state index in [4.69, 9.17) is 9.47 Å². The van der Waals surface area contributed by atoms with Gasteiger partial charge in [0.1, 0.15) is 6.73 Å². The molecule has 0 aromatic rings. The molecule has 0 aromatic heterocycles. The molecule has 0 bridgehead atoms. The van der Waals surface area contributed by atoms with E-state index in [1.807, 2.05) is 0 Å². The molecule has 1 fully saturated rings. The van der Waals surface area contributed by atoms with Crippen LogP contribution in [0.4, 0.5) is 0 Å². The maximum atomic E-state index is 11.0. The number of hydrogen-bond donors (Lipinski definition) is 0. The molecule has 0 radical (unpaired) electrons. The third kappa shape index (κ3) is 3.61. The van der Waals surface area contributed by atoms with Crippen molar-refractivity contribution in [2.75, 3.05) is 40.1 Å². The normalized spacial score (nSPS) is 20.4. The predicted octanol–water partition coefficient (Wildman–Crippen LogP) is -0.146. The molecule has 0 aliphatic carbocycles. The molecule has 0 saturated carbocycles. The van der Waals surface area contributed by atoms with Crippen molar-refractivity contribution in [3.8, 4) is 0 Å². The lowest BCUT2D eigenvalue weighted by Gasteiger charge is -2.27. The van der Waals surface area contributed by atoms with Crippen molar-refractivity contribution in [1.82, 2.24) is 4.90 Å². The highest BCUT2D eigenvalue weighted by Crippen LogP contribution is 2.00. The van der Waals surface area contributed by atoms with Gasteiger partial charge in [0.15, 0.2) is 6.10 Å². The van der Waals surface area contributed by atoms with Crippen LogP contribution in [-0.4, -0.2) is 57.1 Å². The molecule has 0 spiro atoms. The average molecular weight is 203 g/mol. The molecule has 1 saturated heterocycles. The number of ether oxygens (including phenoxy) is 3. The highest BCUT2D eigenvalue weighted by molar-refractivity contribution is 5.73. The molecule has 1 unspecified atom stereocenters. The summed E-state index contributed by atoms with van der Waals surface area (Å²) in [5.41, 5.74) is 0. The zero-order valence-electron chi connectivity index (χ0n) is 8.69. The number of rotatable bonds is 4. The molecule has 1 aliphatic rings. The van der Waals surface area contributed by atoms with Gasteiger partial charge in [-0.05, 0) is 6.92 Å². The number of carbonyl (C=O) groups is 1. The van der Waals surface area contributed by atoms with Crippen LogP contribution in [-0.2, 0) is 19.0 Å². The molecular formula is C9H17NO4. The summed E-state index contributed by atoms with van der Waals surface area (Å²) in [5, 5.41) is 0. The summed E-state index contributed by atoms with van der Waals surface area (Å²) >= 11 is 0. The number of methoxy groups -OCH3 is 1. The molecule has 82 valence electrons. The van der Waals surface area contributed by atoms with Gasteiger partial charge in [-0.25, -0.2) is 4.79 Å². The zero-order chi connectivity index (χ0) is 10.4. The Hall–Kier alpha value is -0.650. The van der Waals surface area contributed by atoms with Crippen molar-refractivity contribution in [2.45, 2.75) is 13.0 Å². The van der Waals surface area contributed by atoms with Crippen LogP contribution in [0.3, 0.4) is 0 Å². The third-order valence-electron chi connectivity index (χ3n) is 2.14. The number of carbonyl (C=O) groups excluding carboxylic acids is 1. The minimum Gasteiger partial charge on any atom is -0.467 e. The average Bonchev–Trinajstić information content (AvgIpc) is 2.26. The fourth-order valence-electron chi connectivity index (χ4n) is 1.18. The Morgan fingerprint density at radius 3 is 2.71 bits per heavy atom. The quantitative estimate of drug-likeness (QED) is 0.595. The Labute approximate surface area is 83.9 Å². The van der Waals surface area contributed by atoms with Crippen molar-refractivity contribution in [3.05, 3.63) is 0 Å². The van der Waals surface area contributed by atoms with E-state index in [9.17, 15) is 4.79 Å². The van der Waals surface area contributed by atoms with Gasteiger partial charge in [0.2, 0.25) is 0 Å². The largest absolute Gasteiger partial charge is 0.467 e. The molecule has 14 heavy (non-hydrogen) atoms. The van der Waals surface area contributed by atoms with E-state index in [0.717, 1.165) is 26.3 Å². The zero-order valence-corrected chi connectivity index (χ0v) is 8.69. The Morgan fingerprint density at radius 2 is 2.14 bits per heavy atom. The maximum absolute atomic E-state index is 11.0. The second kappa shape index (κ2) is 5.95. The summed E-state index contributed by atoms with van der Waals surface area (Å²) in [6.45, 7) is 5.32. The van der Waals surface area contributed by atoms with Crippen LogP contribution in [0.2, 0.25) is 0 Å². The van der Waals surface area contributed by atoms with Gasteiger partial charge in [0, 0.05) is 13.1 Å². The predicted molar refractivity (Wildman–Crippen MR) is 49.8 cm³/mol. The van der Waals surface area contributed by atoms with E-state index in [-0.39, 0.29) is 5.97 Å². The first-order valence-electron chi connectivity index (χ1n) is 4.73. The number of hydrogen-bond acceptors (Lipinski definition) is 5. The SMILES string of the molecule is COC(=O)C(C)OCN1CCOCC1. The van der Waals surface area contributed by atoms with Gasteiger partial charge in [0.05, 0.1) is 20.3 Å². The van der Waals surface area contributed by atoms with Crippen molar-refractivity contribution in [3.63, 3.8) is 0 Å². The van der Waals surface area contributed by atoms with Crippen molar-refractivity contribution >= 4 is 5.97 Å². The fourth-order valence-corrected chi connectivity index (χ4v) is 1.18. The van der Waals surface area contributed by atoms with E-state index in [1.54, 1.807) is 6.92 Å². The standard InChI is InChI=1S/C9H17NO4/c1-8(9(11)12-2)14-7-10-3-5-13-6-4-10/h8H,3-7H2,1-2H3. The van der Waals surface area contributed by atoms with Crippen LogP contribution in [0.1, 0.15) is 6.92 Å². The topological polar surface area (TPSA) is 48.0 Å². The van der Waals surface area contributed by atoms with Gasteiger partial charge >= 0.3 is 5.97 Å². The lowest BCUT2D eigenvalue weighted by Crippen LogP contribution is -2.39. The summed E-state index contributed by atoms with van der Waals surface area (Å²) in [6.07, 6.45) is -0.497. The number of nitrogens with zero attached hydrogens (tertiary/aromatic N) is 1. The highest BCUT2D eigenvalue weighted by atomic mass is 16.6. The first-order valence-corrected chi connectivity index (χ1v) is 4.73. The van der Waals surface area contributed by atoms with E-state index >= 15 is 0 Å². The molecule has 0 amide bonds. The summed E-state index contributed by atoms with van der Waals surface area (Å²) in [6, 6.07) is 0. The minimum absolute atomic E-state index is 0.335. The first kappa shape index (κ1) is 11.4. The van der Waals surface area contributed by atoms with Gasteiger partial charge in [0.25, 0.3) is 0 Å². The van der Waals surface area contributed by atoms with E-state index < -0.39 is 6.10 Å². The smallest absolute Gasteiger partial charge is 0.334 e. The Bertz CT molecular complexity index is 180. The number of esters is 1. The van der Waals surface area contributed by atoms with Crippen LogP contribution >= 0.6 is 0 Å². The Balaban J connectivity index is 2.15. The van der Waals surface area contributed by atoms with Crippen LogP contribution in [0.15, 0.2) is 0 Å². The van der Waals surface area contributed by atoms with Crippen LogP contribution in [0.5, 0.6) is 0 Å². The molecule has 5 nitrogen and oxygen atoms in total. The molecule has 1 atom stereocenters. The first-order chi connectivity index (χ1) is 6.74. The minimum atomic E-state index is -0.497. The van der Waals surface area contributed by atoms with Gasteiger partial charge < -0.3 is 14.2 Å². The van der Waals surface area contributed by atoms with Gasteiger partial charge in [-0.3, -0.25) is 4.90 Å². The van der Waals surface area contributed by atoms with Gasteiger partial charge in [-0.15, -0.1) is 0 Å². The monoisotopic (exact) mass is 203 g/mol. The molecular weight excluding hydrogens is 186 g/mol. The van der Waals surface area contributed by atoms with E-state index in [2.05, 4.69) is 9.64 Å². The summed E-state index contributed by atoms with van der Waals surface area (Å²) in [4.78, 5) is 13.1. The van der Waals surface area contributed by atoms with Crippen LogP contribution in [0.25, 0.3) is 0 Å². The van der Waals surface area contributed by atoms with E-state index in [1.165, 1.54) is 7.11 Å². The summed E-state index contributed by atoms with van der Waals surface area (Å²) < 4.78 is 15.1. The second-order valence-corrected chi connectivity index (χ2v) is 3.19. The molecule has 1 rings (SSSR count). The van der Waals surface area contributed by atoms with Gasteiger partial charge in [-0.2, -0.15) is 0 Å². The summed E-state index contributed by atoms with van der Waals surface area (Å²) in [5.74, 6) is -0.335. The van der Waals surface area contributed by atoms with Crippen molar-refractivity contribution < 1.29 is 19.0 Å². The molecule has 1 heterocycles. The van der Waals surface area contributed by atoms with Crippen molar-refractivity contribution in [1.29, 1.82) is 0 Å². The van der Waals surface area contributed by atoms with E-state index in [0.29, 0.717) is 6.73 Å². The number of morpholine rings is 1. The van der Waals surface area contributed by atoms with Crippen molar-refractivity contribution in [2.24, 2.45) is 0 Å². The lowest BCUT2D eigenvalue weighted by atomic mass is 10.4. The van der Waals surface area contributed by atoms with Crippen LogP contribution in [0, 0.1) is 0 Å². The van der Waals surface area contributed by atoms with Gasteiger partial charge in [-0.1, -0.05) is 0 Å². The maximum Gasteiger partial charge on any atom is 0.334 e. The summed E-state index contributed by atoms with van der Waals surface area (Å²) in [7, 11) is 1.36. The molecule has 1 aliphatic heterocycles. The lowest BCUT2D eigenvalue weighted by molar-refractivity contribution is -0.157. The van der Waals surface area contributed by atoms with Crippen LogP contribution < -0.4 is 0 Å². The molecule has 0 N–H and O–H groups in total. The second-order valence-electron chi connectivity index (χ2n) is 3.19.